The van der Waals surface area contributed by atoms with Crippen LogP contribution in [0.25, 0.3) is 0 Å². The number of ether oxygens (including phenoxy) is 1. The van der Waals surface area contributed by atoms with Gasteiger partial charge in [0, 0.05) is 0 Å². The molecule has 0 saturated heterocycles. The summed E-state index contributed by atoms with van der Waals surface area (Å²) >= 11 is 11.9. The minimum Gasteiger partial charge on any atom is -0.497 e. The van der Waals surface area contributed by atoms with E-state index in [9.17, 15) is 13.2 Å². The van der Waals surface area contributed by atoms with Gasteiger partial charge >= 0.3 is 0 Å². The van der Waals surface area contributed by atoms with Crippen LogP contribution in [-0.2, 0) is 14.8 Å². The molecule has 2 rings (SSSR count). The van der Waals surface area contributed by atoms with Crippen LogP contribution in [0.2, 0.25) is 10.0 Å². The predicted octanol–water partition coefficient (Wildman–Crippen LogP) is 4.04. The number of methoxy groups -OCH3 is 1. The zero-order chi connectivity index (χ0) is 20.9. The molecule has 1 amide bonds. The van der Waals surface area contributed by atoms with E-state index in [1.807, 2.05) is 31.2 Å². The average Bonchev–Trinajstić information content (AvgIpc) is 2.65. The highest BCUT2D eigenvalue weighted by molar-refractivity contribution is 7.92. The van der Waals surface area contributed by atoms with Crippen LogP contribution in [0.3, 0.4) is 0 Å². The fourth-order valence-electron chi connectivity index (χ4n) is 2.67. The zero-order valence-electron chi connectivity index (χ0n) is 15.8. The van der Waals surface area contributed by atoms with Crippen LogP contribution in [0.15, 0.2) is 42.5 Å². The van der Waals surface area contributed by atoms with E-state index in [0.29, 0.717) is 17.2 Å². The van der Waals surface area contributed by atoms with Crippen molar-refractivity contribution >= 4 is 44.8 Å². The van der Waals surface area contributed by atoms with E-state index in [4.69, 9.17) is 27.9 Å². The number of hydrogen-bond donors (Lipinski definition) is 1. The monoisotopic (exact) mass is 444 g/mol. The number of hydrogen-bond acceptors (Lipinski definition) is 4. The maximum atomic E-state index is 12.6. The number of benzene rings is 2. The third-order valence-electron chi connectivity index (χ3n) is 4.14. The molecule has 2 aromatic carbocycles. The van der Waals surface area contributed by atoms with Crippen molar-refractivity contribution in [2.24, 2.45) is 0 Å². The molecule has 0 saturated carbocycles. The quantitative estimate of drug-likeness (QED) is 0.666. The number of halogens is 2. The third-order valence-corrected chi connectivity index (χ3v) is 6.02. The second kappa shape index (κ2) is 9.49. The lowest BCUT2D eigenvalue weighted by molar-refractivity contribution is -0.120. The second-order valence-corrected chi connectivity index (χ2v) is 8.89. The van der Waals surface area contributed by atoms with Crippen molar-refractivity contribution in [2.45, 2.75) is 19.4 Å². The summed E-state index contributed by atoms with van der Waals surface area (Å²) in [4.78, 5) is 12.6. The van der Waals surface area contributed by atoms with Crippen molar-refractivity contribution in [3.63, 3.8) is 0 Å². The number of nitrogens with one attached hydrogen (secondary N) is 1. The molecule has 0 aliphatic carbocycles. The van der Waals surface area contributed by atoms with Gasteiger partial charge in [-0.1, -0.05) is 42.3 Å². The third kappa shape index (κ3) is 5.77. The molecule has 2 aromatic rings. The SMILES string of the molecule is CC[C@H](NC(=O)CN(c1ccc(Cl)c(Cl)c1)S(C)(=O)=O)c1ccc(OC)cc1. The highest BCUT2D eigenvalue weighted by atomic mass is 35.5. The molecule has 0 unspecified atom stereocenters. The Bertz CT molecular complexity index is 933. The maximum Gasteiger partial charge on any atom is 0.241 e. The molecule has 0 aromatic heterocycles. The molecular formula is C19H22Cl2N2O4S. The lowest BCUT2D eigenvalue weighted by Gasteiger charge is -2.24. The fourth-order valence-corrected chi connectivity index (χ4v) is 3.81. The van der Waals surface area contributed by atoms with Gasteiger partial charge in [-0.05, 0) is 42.3 Å². The van der Waals surface area contributed by atoms with Crippen molar-refractivity contribution in [1.29, 1.82) is 0 Å². The summed E-state index contributed by atoms with van der Waals surface area (Å²) in [6.07, 6.45) is 1.67. The Morgan fingerprint density at radius 2 is 1.79 bits per heavy atom. The van der Waals surface area contributed by atoms with Crippen LogP contribution >= 0.6 is 23.2 Å². The first-order chi connectivity index (χ1) is 13.2. The van der Waals surface area contributed by atoms with Crippen LogP contribution < -0.4 is 14.4 Å². The summed E-state index contributed by atoms with van der Waals surface area (Å²) in [5, 5.41) is 3.38. The van der Waals surface area contributed by atoms with Gasteiger partial charge in [0.1, 0.15) is 12.3 Å². The molecule has 0 aliphatic heterocycles. The van der Waals surface area contributed by atoms with Crippen molar-refractivity contribution in [3.05, 3.63) is 58.1 Å². The van der Waals surface area contributed by atoms with Crippen molar-refractivity contribution < 1.29 is 17.9 Å². The molecule has 0 bridgehead atoms. The second-order valence-electron chi connectivity index (χ2n) is 6.17. The van der Waals surface area contributed by atoms with Gasteiger partial charge in [-0.15, -0.1) is 0 Å². The molecule has 1 N–H and O–H groups in total. The molecule has 0 radical (unpaired) electrons. The van der Waals surface area contributed by atoms with E-state index in [1.54, 1.807) is 7.11 Å². The molecule has 1 atom stereocenters. The van der Waals surface area contributed by atoms with Gasteiger partial charge in [-0.25, -0.2) is 8.42 Å². The lowest BCUT2D eigenvalue weighted by atomic mass is 10.0. The Balaban J connectivity index is 2.19. The first kappa shape index (κ1) is 22.3. The lowest BCUT2D eigenvalue weighted by Crippen LogP contribution is -2.41. The van der Waals surface area contributed by atoms with E-state index in [1.165, 1.54) is 18.2 Å². The Morgan fingerprint density at radius 3 is 2.29 bits per heavy atom. The topological polar surface area (TPSA) is 75.7 Å². The summed E-state index contributed by atoms with van der Waals surface area (Å²) < 4.78 is 30.6. The van der Waals surface area contributed by atoms with Gasteiger partial charge in [0.05, 0.1) is 35.1 Å². The Kier molecular flexibility index (Phi) is 7.57. The van der Waals surface area contributed by atoms with Crippen LogP contribution in [0.1, 0.15) is 24.9 Å². The minimum atomic E-state index is -3.70. The number of carbonyl (C=O) groups is 1. The fraction of sp³-hybridized carbons (Fsp3) is 0.316. The van der Waals surface area contributed by atoms with Crippen LogP contribution in [0.4, 0.5) is 5.69 Å². The predicted molar refractivity (Wildman–Crippen MR) is 113 cm³/mol. The van der Waals surface area contributed by atoms with E-state index in [0.717, 1.165) is 16.1 Å². The van der Waals surface area contributed by atoms with E-state index >= 15 is 0 Å². The molecule has 152 valence electrons. The van der Waals surface area contributed by atoms with Gasteiger partial charge in [0.25, 0.3) is 0 Å². The first-order valence-corrected chi connectivity index (χ1v) is 11.1. The van der Waals surface area contributed by atoms with E-state index in [-0.39, 0.29) is 23.3 Å². The molecule has 0 spiro atoms. The number of carbonyl (C=O) groups excluding carboxylic acids is 1. The standard InChI is InChI=1S/C19H22Cl2N2O4S/c1-4-18(13-5-8-15(27-2)9-6-13)22-19(24)12-23(28(3,25)26)14-7-10-16(20)17(21)11-14/h5-11,18H,4,12H2,1-3H3,(H,22,24)/t18-/m0/s1. The van der Waals surface area contributed by atoms with Crippen molar-refractivity contribution in [3.8, 4) is 5.75 Å². The smallest absolute Gasteiger partial charge is 0.241 e. The summed E-state index contributed by atoms with van der Waals surface area (Å²) in [7, 11) is -2.12. The number of amides is 1. The zero-order valence-corrected chi connectivity index (χ0v) is 18.1. The van der Waals surface area contributed by atoms with E-state index < -0.39 is 15.9 Å². The van der Waals surface area contributed by atoms with Crippen LogP contribution in [-0.4, -0.2) is 34.2 Å². The van der Waals surface area contributed by atoms with Crippen LogP contribution in [0, 0.1) is 0 Å². The van der Waals surface area contributed by atoms with Crippen molar-refractivity contribution in [1.82, 2.24) is 5.32 Å². The average molecular weight is 445 g/mol. The summed E-state index contributed by atoms with van der Waals surface area (Å²) in [5.74, 6) is 0.284. The molecule has 0 fully saturated rings. The largest absolute Gasteiger partial charge is 0.497 e. The van der Waals surface area contributed by atoms with Crippen LogP contribution in [0.5, 0.6) is 5.75 Å². The molecule has 9 heteroatoms. The Morgan fingerprint density at radius 1 is 1.14 bits per heavy atom. The Labute approximate surface area is 175 Å². The molecule has 0 aliphatic rings. The van der Waals surface area contributed by atoms with Gasteiger partial charge in [-0.2, -0.15) is 0 Å². The number of anilines is 1. The number of rotatable bonds is 8. The normalized spacial score (nSPS) is 12.3. The summed E-state index contributed by atoms with van der Waals surface area (Å²) in [5.41, 5.74) is 1.17. The molecular weight excluding hydrogens is 423 g/mol. The first-order valence-electron chi connectivity index (χ1n) is 8.51. The maximum absolute atomic E-state index is 12.6. The highest BCUT2D eigenvalue weighted by Gasteiger charge is 2.23. The van der Waals surface area contributed by atoms with Gasteiger partial charge in [0.2, 0.25) is 15.9 Å². The van der Waals surface area contributed by atoms with Gasteiger partial charge < -0.3 is 10.1 Å². The van der Waals surface area contributed by atoms with Gasteiger partial charge in [-0.3, -0.25) is 9.10 Å². The highest BCUT2D eigenvalue weighted by Crippen LogP contribution is 2.28. The number of nitrogens with zero attached hydrogens (tertiary/aromatic N) is 1. The molecule has 28 heavy (non-hydrogen) atoms. The Hall–Kier alpha value is -1.96. The van der Waals surface area contributed by atoms with Crippen molar-refractivity contribution in [2.75, 3.05) is 24.2 Å². The van der Waals surface area contributed by atoms with E-state index in [2.05, 4.69) is 5.32 Å². The molecule has 0 heterocycles. The number of sulfonamides is 1. The minimum absolute atomic E-state index is 0.206. The summed E-state index contributed by atoms with van der Waals surface area (Å²) in [6.45, 7) is 1.56. The van der Waals surface area contributed by atoms with Gasteiger partial charge in [0.15, 0.2) is 0 Å². The summed E-state index contributed by atoms with van der Waals surface area (Å²) in [6, 6.07) is 11.5. The molecule has 6 nitrogen and oxygen atoms in total.